The molecule has 10 N–H and O–H groups in total. The molecular weight excluding hydrogens is 402 g/mol. The Hall–Kier alpha value is -2.77. The normalized spacial score (nSPS) is 15.8. The van der Waals surface area contributed by atoms with Crippen molar-refractivity contribution in [1.29, 1.82) is 0 Å². The second kappa shape index (κ2) is 13.5. The fourth-order valence-corrected chi connectivity index (χ4v) is 2.30. The lowest BCUT2D eigenvalue weighted by Crippen LogP contribution is -2.57. The first-order chi connectivity index (χ1) is 13.9. The molecule has 0 aromatic heterocycles. The van der Waals surface area contributed by atoms with Crippen molar-refractivity contribution >= 4 is 29.7 Å². The minimum Gasteiger partial charge on any atom is -0.481 e. The molecule has 0 aromatic carbocycles. The van der Waals surface area contributed by atoms with E-state index in [-0.39, 0.29) is 6.42 Å². The molecule has 0 aliphatic carbocycles. The number of carboxylic acid groups (broad SMARTS) is 2. The molecule has 5 atom stereocenters. The fourth-order valence-electron chi connectivity index (χ4n) is 2.30. The summed E-state index contributed by atoms with van der Waals surface area (Å²) in [4.78, 5) is 58.8. The van der Waals surface area contributed by atoms with Gasteiger partial charge >= 0.3 is 11.9 Å². The smallest absolute Gasteiger partial charge is 0.326 e. The number of aliphatic hydroxyl groups excluding tert-OH is 1. The van der Waals surface area contributed by atoms with Gasteiger partial charge in [0, 0.05) is 0 Å². The molecule has 5 unspecified atom stereocenters. The van der Waals surface area contributed by atoms with Crippen LogP contribution in [0.1, 0.15) is 39.5 Å². The number of carbonyl (C=O) groups excluding carboxylic acids is 3. The molecule has 0 spiro atoms. The molecule has 0 saturated carbocycles. The molecule has 13 heteroatoms. The van der Waals surface area contributed by atoms with Gasteiger partial charge in [0.05, 0.1) is 12.5 Å². The zero-order chi connectivity index (χ0) is 23.4. The lowest BCUT2D eigenvalue weighted by molar-refractivity contribution is -0.143. The minimum absolute atomic E-state index is 0.0791. The van der Waals surface area contributed by atoms with Gasteiger partial charge in [-0.05, 0) is 39.7 Å². The predicted octanol–water partition coefficient (Wildman–Crippen LogP) is -3.14. The second-order valence-corrected chi connectivity index (χ2v) is 6.84. The Morgan fingerprint density at radius 2 is 1.43 bits per heavy atom. The second-order valence-electron chi connectivity index (χ2n) is 6.84. The Bertz CT molecular complexity index is 627. The van der Waals surface area contributed by atoms with Crippen molar-refractivity contribution in [3.8, 4) is 0 Å². The lowest BCUT2D eigenvalue weighted by Gasteiger charge is -2.23. The maximum atomic E-state index is 12.4. The highest BCUT2D eigenvalue weighted by molar-refractivity contribution is 5.95. The van der Waals surface area contributed by atoms with E-state index in [1.165, 1.54) is 13.8 Å². The van der Waals surface area contributed by atoms with Crippen molar-refractivity contribution in [3.05, 3.63) is 0 Å². The summed E-state index contributed by atoms with van der Waals surface area (Å²) in [6.07, 6.45) is -0.925. The largest absolute Gasteiger partial charge is 0.481 e. The average Bonchev–Trinajstić information content (AvgIpc) is 2.65. The molecule has 30 heavy (non-hydrogen) atoms. The third-order valence-electron chi connectivity index (χ3n) is 4.15. The molecule has 0 saturated heterocycles. The van der Waals surface area contributed by atoms with Crippen molar-refractivity contribution in [3.63, 3.8) is 0 Å². The standard InChI is InChI=1S/C17H31N5O8/c1-8(20-16(28)13(19)9(2)23)14(26)22-11(7-12(24)25)15(27)21-10(17(29)30)5-3-4-6-18/h8-11,13,23H,3-7,18-19H2,1-2H3,(H,20,28)(H,21,27)(H,22,26)(H,24,25)(H,29,30). The van der Waals surface area contributed by atoms with Crippen molar-refractivity contribution in [2.24, 2.45) is 11.5 Å². The summed E-state index contributed by atoms with van der Waals surface area (Å²) in [6.45, 7) is 2.90. The zero-order valence-electron chi connectivity index (χ0n) is 17.0. The van der Waals surface area contributed by atoms with E-state index in [9.17, 15) is 34.2 Å². The van der Waals surface area contributed by atoms with Crippen LogP contribution in [0.15, 0.2) is 0 Å². The summed E-state index contributed by atoms with van der Waals surface area (Å²) < 4.78 is 0. The molecule has 0 rings (SSSR count). The fraction of sp³-hybridized carbons (Fsp3) is 0.706. The summed E-state index contributed by atoms with van der Waals surface area (Å²) in [7, 11) is 0. The van der Waals surface area contributed by atoms with Gasteiger partial charge in [0.1, 0.15) is 24.2 Å². The van der Waals surface area contributed by atoms with Gasteiger partial charge in [0.2, 0.25) is 17.7 Å². The monoisotopic (exact) mass is 433 g/mol. The first kappa shape index (κ1) is 27.2. The molecule has 0 radical (unpaired) electrons. The van der Waals surface area contributed by atoms with E-state index in [2.05, 4.69) is 16.0 Å². The van der Waals surface area contributed by atoms with Crippen LogP contribution in [0.4, 0.5) is 0 Å². The van der Waals surface area contributed by atoms with E-state index in [1.807, 2.05) is 0 Å². The van der Waals surface area contributed by atoms with Crippen LogP contribution in [0.2, 0.25) is 0 Å². The Morgan fingerprint density at radius 3 is 1.90 bits per heavy atom. The van der Waals surface area contributed by atoms with Gasteiger partial charge in [-0.2, -0.15) is 0 Å². The number of aliphatic hydroxyl groups is 1. The highest BCUT2D eigenvalue weighted by Crippen LogP contribution is 2.03. The highest BCUT2D eigenvalue weighted by atomic mass is 16.4. The molecular formula is C17H31N5O8. The number of nitrogens with two attached hydrogens (primary N) is 2. The quantitative estimate of drug-likeness (QED) is 0.128. The number of amides is 3. The van der Waals surface area contributed by atoms with Crippen LogP contribution in [-0.2, 0) is 24.0 Å². The third-order valence-corrected chi connectivity index (χ3v) is 4.15. The van der Waals surface area contributed by atoms with Gasteiger partial charge < -0.3 is 42.7 Å². The number of carbonyl (C=O) groups is 5. The third kappa shape index (κ3) is 10.1. The van der Waals surface area contributed by atoms with Gasteiger partial charge in [-0.15, -0.1) is 0 Å². The van der Waals surface area contributed by atoms with Crippen LogP contribution in [0.25, 0.3) is 0 Å². The van der Waals surface area contributed by atoms with Crippen LogP contribution < -0.4 is 27.4 Å². The van der Waals surface area contributed by atoms with Gasteiger partial charge in [0.25, 0.3) is 0 Å². The Labute approximate surface area is 173 Å². The lowest BCUT2D eigenvalue weighted by atomic mass is 10.1. The van der Waals surface area contributed by atoms with E-state index in [4.69, 9.17) is 16.6 Å². The van der Waals surface area contributed by atoms with Crippen LogP contribution in [0.5, 0.6) is 0 Å². The van der Waals surface area contributed by atoms with E-state index in [1.54, 1.807) is 0 Å². The van der Waals surface area contributed by atoms with Crippen molar-refractivity contribution < 1.29 is 39.3 Å². The maximum absolute atomic E-state index is 12.4. The van der Waals surface area contributed by atoms with Crippen LogP contribution >= 0.6 is 0 Å². The molecule has 13 nitrogen and oxygen atoms in total. The molecule has 3 amide bonds. The van der Waals surface area contributed by atoms with Crippen molar-refractivity contribution in [2.75, 3.05) is 6.54 Å². The molecule has 0 aliphatic heterocycles. The number of aliphatic carboxylic acids is 2. The molecule has 0 fully saturated rings. The van der Waals surface area contributed by atoms with Crippen LogP contribution in [-0.4, -0.2) is 81.8 Å². The van der Waals surface area contributed by atoms with E-state index >= 15 is 0 Å². The maximum Gasteiger partial charge on any atom is 0.326 e. The molecule has 0 heterocycles. The summed E-state index contributed by atoms with van der Waals surface area (Å²) in [5.74, 6) is -5.42. The topological polar surface area (TPSA) is 234 Å². The number of carboxylic acids is 2. The molecule has 172 valence electrons. The first-order valence-corrected chi connectivity index (χ1v) is 9.40. The summed E-state index contributed by atoms with van der Waals surface area (Å²) in [6, 6.07) is -5.34. The number of hydrogen-bond donors (Lipinski definition) is 8. The summed E-state index contributed by atoms with van der Waals surface area (Å²) in [5.41, 5.74) is 10.8. The number of rotatable bonds is 14. The van der Waals surface area contributed by atoms with E-state index in [0.717, 1.165) is 0 Å². The number of nitrogens with one attached hydrogen (secondary N) is 3. The van der Waals surface area contributed by atoms with E-state index < -0.39 is 66.4 Å². The highest BCUT2D eigenvalue weighted by Gasteiger charge is 2.30. The van der Waals surface area contributed by atoms with E-state index in [0.29, 0.717) is 19.4 Å². The zero-order valence-corrected chi connectivity index (χ0v) is 17.0. The van der Waals surface area contributed by atoms with Crippen LogP contribution in [0.3, 0.4) is 0 Å². The number of hydrogen-bond acceptors (Lipinski definition) is 8. The Morgan fingerprint density at radius 1 is 0.867 bits per heavy atom. The molecule has 0 aromatic rings. The SMILES string of the molecule is CC(NC(=O)C(N)C(C)O)C(=O)NC(CC(=O)O)C(=O)NC(CCCCN)C(=O)O. The van der Waals surface area contributed by atoms with Crippen molar-refractivity contribution in [1.82, 2.24) is 16.0 Å². The number of unbranched alkanes of at least 4 members (excludes halogenated alkanes) is 1. The van der Waals surface area contributed by atoms with Gasteiger partial charge in [-0.3, -0.25) is 19.2 Å². The van der Waals surface area contributed by atoms with Gasteiger partial charge in [-0.1, -0.05) is 0 Å². The Kier molecular flexibility index (Phi) is 12.2. The van der Waals surface area contributed by atoms with Crippen LogP contribution in [0, 0.1) is 0 Å². The van der Waals surface area contributed by atoms with Crippen molar-refractivity contribution in [2.45, 2.75) is 69.8 Å². The first-order valence-electron chi connectivity index (χ1n) is 9.40. The summed E-state index contributed by atoms with van der Waals surface area (Å²) >= 11 is 0. The molecule has 0 bridgehead atoms. The predicted molar refractivity (Wildman–Crippen MR) is 104 cm³/mol. The average molecular weight is 433 g/mol. The Balaban J connectivity index is 5.10. The molecule has 0 aliphatic rings. The summed E-state index contributed by atoms with van der Waals surface area (Å²) in [5, 5.41) is 34.1. The van der Waals surface area contributed by atoms with Gasteiger partial charge in [-0.25, -0.2) is 4.79 Å². The van der Waals surface area contributed by atoms with Gasteiger partial charge in [0.15, 0.2) is 0 Å². The minimum atomic E-state index is -1.57.